The predicted octanol–water partition coefficient (Wildman–Crippen LogP) is 3.77. The van der Waals surface area contributed by atoms with Crippen LogP contribution in [0.25, 0.3) is 11.5 Å². The molecule has 0 saturated heterocycles. The highest BCUT2D eigenvalue weighted by molar-refractivity contribution is 9.10. The Bertz CT molecular complexity index is 652. The first-order chi connectivity index (χ1) is 9.93. The Labute approximate surface area is 126 Å². The SMILES string of the molecule is FC(F)(F)c1cc(Br)ccc1-c1nc(CNC2CC2)no1. The summed E-state index contributed by atoms with van der Waals surface area (Å²) in [7, 11) is 0. The minimum Gasteiger partial charge on any atom is -0.334 e. The molecule has 0 unspecified atom stereocenters. The number of hydrogen-bond acceptors (Lipinski definition) is 4. The molecule has 0 atom stereocenters. The first-order valence-corrected chi connectivity index (χ1v) is 7.16. The molecular weight excluding hydrogens is 351 g/mol. The van der Waals surface area contributed by atoms with Crippen LogP contribution < -0.4 is 5.32 Å². The Morgan fingerprint density at radius 3 is 2.76 bits per heavy atom. The number of benzene rings is 1. The van der Waals surface area contributed by atoms with Crippen molar-refractivity contribution >= 4 is 15.9 Å². The van der Waals surface area contributed by atoms with Gasteiger partial charge in [-0.15, -0.1) is 0 Å². The Hall–Kier alpha value is -1.41. The normalized spacial score (nSPS) is 15.4. The zero-order chi connectivity index (χ0) is 15.0. The van der Waals surface area contributed by atoms with Crippen LogP contribution in [0.2, 0.25) is 0 Å². The highest BCUT2D eigenvalue weighted by Gasteiger charge is 2.35. The molecule has 1 saturated carbocycles. The minimum absolute atomic E-state index is 0.115. The molecule has 1 fully saturated rings. The van der Waals surface area contributed by atoms with Gasteiger partial charge in [0, 0.05) is 10.5 Å². The molecule has 0 spiro atoms. The van der Waals surface area contributed by atoms with Crippen LogP contribution >= 0.6 is 15.9 Å². The van der Waals surface area contributed by atoms with Crippen LogP contribution in [-0.4, -0.2) is 16.2 Å². The standard InChI is InChI=1S/C13H11BrF3N3O/c14-7-1-4-9(10(5-7)13(15,16)17)12-19-11(20-21-12)6-18-8-2-3-8/h1,4-5,8,18H,2-3,6H2. The molecule has 0 bridgehead atoms. The van der Waals surface area contributed by atoms with Crippen molar-refractivity contribution in [1.82, 2.24) is 15.5 Å². The summed E-state index contributed by atoms with van der Waals surface area (Å²) in [6.45, 7) is 0.395. The van der Waals surface area contributed by atoms with Gasteiger partial charge in [0.05, 0.1) is 17.7 Å². The van der Waals surface area contributed by atoms with E-state index in [2.05, 4.69) is 31.4 Å². The molecule has 3 rings (SSSR count). The van der Waals surface area contributed by atoms with Crippen molar-refractivity contribution in [2.24, 2.45) is 0 Å². The molecule has 1 aromatic heterocycles. The lowest BCUT2D eigenvalue weighted by atomic mass is 10.1. The van der Waals surface area contributed by atoms with E-state index in [1.54, 1.807) is 0 Å². The van der Waals surface area contributed by atoms with E-state index in [1.165, 1.54) is 12.1 Å². The Kier molecular flexibility index (Phi) is 3.75. The van der Waals surface area contributed by atoms with E-state index in [0.29, 0.717) is 22.9 Å². The zero-order valence-corrected chi connectivity index (χ0v) is 12.3. The van der Waals surface area contributed by atoms with Crippen molar-refractivity contribution < 1.29 is 17.7 Å². The lowest BCUT2D eigenvalue weighted by molar-refractivity contribution is -0.137. The van der Waals surface area contributed by atoms with Crippen LogP contribution in [0.5, 0.6) is 0 Å². The number of halogens is 4. The van der Waals surface area contributed by atoms with E-state index in [1.807, 2.05) is 0 Å². The van der Waals surface area contributed by atoms with Gasteiger partial charge in [0.25, 0.3) is 5.89 Å². The van der Waals surface area contributed by atoms with Gasteiger partial charge >= 0.3 is 6.18 Å². The average molecular weight is 362 g/mol. The van der Waals surface area contributed by atoms with Gasteiger partial charge in [0.1, 0.15) is 0 Å². The van der Waals surface area contributed by atoms with Crippen molar-refractivity contribution in [2.75, 3.05) is 0 Å². The summed E-state index contributed by atoms with van der Waals surface area (Å²) in [5.41, 5.74) is -0.918. The van der Waals surface area contributed by atoms with Crippen LogP contribution in [0.4, 0.5) is 13.2 Å². The second-order valence-corrected chi connectivity index (χ2v) is 5.77. The smallest absolute Gasteiger partial charge is 0.334 e. The molecule has 1 aromatic carbocycles. The molecule has 1 N–H and O–H groups in total. The van der Waals surface area contributed by atoms with Gasteiger partial charge in [0.2, 0.25) is 0 Å². The maximum absolute atomic E-state index is 13.1. The third kappa shape index (κ3) is 3.44. The predicted molar refractivity (Wildman–Crippen MR) is 72.3 cm³/mol. The fraction of sp³-hybridized carbons (Fsp3) is 0.385. The van der Waals surface area contributed by atoms with Gasteiger partial charge in [-0.25, -0.2) is 0 Å². The van der Waals surface area contributed by atoms with Crippen molar-refractivity contribution in [1.29, 1.82) is 0 Å². The van der Waals surface area contributed by atoms with Crippen LogP contribution in [0.1, 0.15) is 24.2 Å². The van der Waals surface area contributed by atoms with Crippen LogP contribution in [0.15, 0.2) is 27.2 Å². The summed E-state index contributed by atoms with van der Waals surface area (Å²) in [4.78, 5) is 4.03. The molecule has 0 radical (unpaired) electrons. The zero-order valence-electron chi connectivity index (χ0n) is 10.7. The monoisotopic (exact) mass is 361 g/mol. The maximum atomic E-state index is 13.1. The van der Waals surface area contributed by atoms with Gasteiger partial charge in [-0.2, -0.15) is 18.2 Å². The average Bonchev–Trinajstić information content (AvgIpc) is 3.13. The number of alkyl halides is 3. The quantitative estimate of drug-likeness (QED) is 0.900. The van der Waals surface area contributed by atoms with E-state index in [4.69, 9.17) is 4.52 Å². The van der Waals surface area contributed by atoms with Gasteiger partial charge < -0.3 is 9.84 Å². The first-order valence-electron chi connectivity index (χ1n) is 6.36. The fourth-order valence-corrected chi connectivity index (χ4v) is 2.26. The third-order valence-corrected chi connectivity index (χ3v) is 3.60. The van der Waals surface area contributed by atoms with E-state index in [-0.39, 0.29) is 11.5 Å². The van der Waals surface area contributed by atoms with Crippen molar-refractivity contribution in [3.63, 3.8) is 0 Å². The van der Waals surface area contributed by atoms with E-state index >= 15 is 0 Å². The number of nitrogens with zero attached hydrogens (tertiary/aromatic N) is 2. The summed E-state index contributed by atoms with van der Waals surface area (Å²) in [6, 6.07) is 4.29. The van der Waals surface area contributed by atoms with Gasteiger partial charge in [-0.1, -0.05) is 21.1 Å². The van der Waals surface area contributed by atoms with Crippen LogP contribution in [-0.2, 0) is 12.7 Å². The van der Waals surface area contributed by atoms with E-state index in [9.17, 15) is 13.2 Å². The first kappa shape index (κ1) is 14.5. The summed E-state index contributed by atoms with van der Waals surface area (Å²) in [5.74, 6) is 0.232. The Morgan fingerprint density at radius 2 is 2.10 bits per heavy atom. The maximum Gasteiger partial charge on any atom is 0.417 e. The summed E-state index contributed by atoms with van der Waals surface area (Å²) in [6.07, 6.45) is -2.27. The summed E-state index contributed by atoms with van der Waals surface area (Å²) in [5, 5.41) is 6.89. The molecule has 1 aliphatic carbocycles. The third-order valence-electron chi connectivity index (χ3n) is 3.11. The molecule has 112 valence electrons. The summed E-state index contributed by atoms with van der Waals surface area (Å²) < 4.78 is 44.5. The number of aromatic nitrogens is 2. The molecule has 2 aromatic rings. The second kappa shape index (κ2) is 5.42. The fourth-order valence-electron chi connectivity index (χ4n) is 1.90. The van der Waals surface area contributed by atoms with Crippen LogP contribution in [0.3, 0.4) is 0 Å². The van der Waals surface area contributed by atoms with Gasteiger partial charge in [-0.05, 0) is 31.0 Å². The second-order valence-electron chi connectivity index (χ2n) is 4.86. The molecule has 0 aliphatic heterocycles. The molecule has 4 nitrogen and oxygen atoms in total. The molecular formula is C13H11BrF3N3O. The topological polar surface area (TPSA) is 51.0 Å². The number of nitrogens with one attached hydrogen (secondary N) is 1. The molecule has 1 aliphatic rings. The summed E-state index contributed by atoms with van der Waals surface area (Å²) >= 11 is 3.04. The Morgan fingerprint density at radius 1 is 1.33 bits per heavy atom. The Balaban J connectivity index is 1.88. The number of rotatable bonds is 4. The number of hydrogen-bond donors (Lipinski definition) is 1. The van der Waals surface area contributed by atoms with E-state index < -0.39 is 11.7 Å². The highest BCUT2D eigenvalue weighted by atomic mass is 79.9. The molecule has 1 heterocycles. The van der Waals surface area contributed by atoms with Crippen LogP contribution in [0, 0.1) is 0 Å². The lowest BCUT2D eigenvalue weighted by Gasteiger charge is -2.10. The van der Waals surface area contributed by atoms with Crippen molar-refractivity contribution in [3.8, 4) is 11.5 Å². The lowest BCUT2D eigenvalue weighted by Crippen LogP contribution is -2.16. The largest absolute Gasteiger partial charge is 0.417 e. The van der Waals surface area contributed by atoms with Gasteiger partial charge in [0.15, 0.2) is 5.82 Å². The van der Waals surface area contributed by atoms with Gasteiger partial charge in [-0.3, -0.25) is 0 Å². The molecule has 8 heteroatoms. The molecule has 0 amide bonds. The van der Waals surface area contributed by atoms with E-state index in [0.717, 1.165) is 18.9 Å². The minimum atomic E-state index is -4.49. The van der Waals surface area contributed by atoms with Crippen molar-refractivity contribution in [3.05, 3.63) is 34.1 Å². The highest BCUT2D eigenvalue weighted by Crippen LogP contribution is 2.38. The van der Waals surface area contributed by atoms with Crippen molar-refractivity contribution in [2.45, 2.75) is 31.6 Å². The molecule has 21 heavy (non-hydrogen) atoms.